The van der Waals surface area contributed by atoms with Crippen molar-refractivity contribution in [3.05, 3.63) is 21.3 Å². The van der Waals surface area contributed by atoms with Crippen LogP contribution in [0.15, 0.2) is 10.7 Å². The fourth-order valence-electron chi connectivity index (χ4n) is 0.732. The van der Waals surface area contributed by atoms with Gasteiger partial charge in [-0.3, -0.25) is 0 Å². The molecule has 0 N–H and O–H groups in total. The lowest BCUT2D eigenvalue weighted by atomic mass is 10.3. The average Bonchev–Trinajstić information content (AvgIpc) is 2.09. The maximum Gasteiger partial charge on any atom is 0.574 e. The Labute approximate surface area is 95.6 Å². The van der Waals surface area contributed by atoms with Crippen molar-refractivity contribution in [2.75, 3.05) is 0 Å². The minimum Gasteiger partial charge on any atom is -0.387 e. The van der Waals surface area contributed by atoms with Crippen molar-refractivity contribution in [2.24, 2.45) is 0 Å². The van der Waals surface area contributed by atoms with Crippen LogP contribution in [0.4, 0.5) is 13.2 Å². The summed E-state index contributed by atoms with van der Waals surface area (Å²) in [6.45, 7) is 0. The second kappa shape index (κ2) is 4.24. The quantitative estimate of drug-likeness (QED) is 0.800. The maximum atomic E-state index is 11.9. The van der Waals surface area contributed by atoms with E-state index in [4.69, 9.17) is 16.9 Å². The van der Waals surface area contributed by atoms with E-state index in [9.17, 15) is 13.2 Å². The van der Waals surface area contributed by atoms with Crippen LogP contribution in [-0.4, -0.2) is 11.3 Å². The van der Waals surface area contributed by atoms with E-state index in [1.807, 2.05) is 0 Å². The van der Waals surface area contributed by atoms with Gasteiger partial charge in [-0.1, -0.05) is 11.6 Å². The molecule has 1 rings (SSSR count). The number of nitriles is 1. The summed E-state index contributed by atoms with van der Waals surface area (Å²) in [4.78, 5) is 3.30. The lowest BCUT2D eigenvalue weighted by Gasteiger charge is -2.10. The SMILES string of the molecule is N#Cc1c(Cl)cnc(OC(F)(F)F)c1Br. The van der Waals surface area contributed by atoms with Gasteiger partial charge in [-0.2, -0.15) is 5.26 Å². The number of hydrogen-bond donors (Lipinski definition) is 0. The molecular weight excluding hydrogens is 300 g/mol. The van der Waals surface area contributed by atoms with E-state index in [0.717, 1.165) is 6.20 Å². The van der Waals surface area contributed by atoms with Crippen LogP contribution in [-0.2, 0) is 0 Å². The highest BCUT2D eigenvalue weighted by molar-refractivity contribution is 9.10. The Hall–Kier alpha value is -1.00. The fraction of sp³-hybridized carbons (Fsp3) is 0.143. The van der Waals surface area contributed by atoms with Crippen LogP contribution >= 0.6 is 27.5 Å². The second-order valence-electron chi connectivity index (χ2n) is 2.26. The summed E-state index contributed by atoms with van der Waals surface area (Å²) in [7, 11) is 0. The van der Waals surface area contributed by atoms with Crippen molar-refractivity contribution >= 4 is 27.5 Å². The third kappa shape index (κ3) is 2.97. The molecule has 1 aromatic rings. The summed E-state index contributed by atoms with van der Waals surface area (Å²) in [5.74, 6) is -0.747. The van der Waals surface area contributed by atoms with E-state index in [-0.39, 0.29) is 15.1 Å². The zero-order chi connectivity index (χ0) is 11.6. The molecule has 1 heterocycles. The van der Waals surface area contributed by atoms with E-state index in [1.165, 1.54) is 0 Å². The van der Waals surface area contributed by atoms with Gasteiger partial charge >= 0.3 is 6.36 Å². The van der Waals surface area contributed by atoms with Crippen LogP contribution in [0.5, 0.6) is 5.88 Å². The number of ether oxygens (including phenoxy) is 1. The molecule has 0 fully saturated rings. The third-order valence-electron chi connectivity index (χ3n) is 1.27. The van der Waals surface area contributed by atoms with Crippen molar-refractivity contribution in [3.8, 4) is 11.9 Å². The Morgan fingerprint density at radius 3 is 2.60 bits per heavy atom. The highest BCUT2D eigenvalue weighted by atomic mass is 79.9. The van der Waals surface area contributed by atoms with E-state index in [1.54, 1.807) is 6.07 Å². The van der Waals surface area contributed by atoms with E-state index >= 15 is 0 Å². The first kappa shape index (κ1) is 12.1. The van der Waals surface area contributed by atoms with Gasteiger partial charge in [0.1, 0.15) is 6.07 Å². The fourth-order valence-corrected chi connectivity index (χ4v) is 1.52. The van der Waals surface area contributed by atoms with Crippen LogP contribution < -0.4 is 4.74 Å². The molecule has 8 heteroatoms. The van der Waals surface area contributed by atoms with E-state index in [2.05, 4.69) is 25.7 Å². The molecule has 0 aromatic carbocycles. The van der Waals surface area contributed by atoms with E-state index < -0.39 is 12.2 Å². The number of halogens is 5. The molecule has 0 atom stereocenters. The molecule has 0 radical (unpaired) electrons. The largest absolute Gasteiger partial charge is 0.574 e. The predicted octanol–water partition coefficient (Wildman–Crippen LogP) is 3.27. The Morgan fingerprint density at radius 1 is 1.53 bits per heavy atom. The molecule has 0 unspecified atom stereocenters. The molecule has 0 spiro atoms. The van der Waals surface area contributed by atoms with Gasteiger partial charge in [0.2, 0.25) is 5.88 Å². The van der Waals surface area contributed by atoms with Gasteiger partial charge in [0.05, 0.1) is 21.3 Å². The lowest BCUT2D eigenvalue weighted by Crippen LogP contribution is -2.18. The average molecular weight is 301 g/mol. The first-order valence-corrected chi connectivity index (χ1v) is 4.52. The smallest absolute Gasteiger partial charge is 0.387 e. The van der Waals surface area contributed by atoms with Gasteiger partial charge < -0.3 is 4.74 Å². The van der Waals surface area contributed by atoms with Gasteiger partial charge in [0.25, 0.3) is 0 Å². The molecule has 15 heavy (non-hydrogen) atoms. The number of alkyl halides is 3. The molecule has 0 saturated carbocycles. The van der Waals surface area contributed by atoms with Crippen LogP contribution in [0.1, 0.15) is 5.56 Å². The number of pyridine rings is 1. The minimum absolute atomic E-state index is 0.0566. The summed E-state index contributed by atoms with van der Waals surface area (Å²) < 4.78 is 38.9. The van der Waals surface area contributed by atoms with Gasteiger partial charge in [0, 0.05) is 0 Å². The molecule has 0 aliphatic rings. The zero-order valence-corrected chi connectivity index (χ0v) is 9.11. The Balaban J connectivity index is 3.18. The molecule has 0 bridgehead atoms. The Kier molecular flexibility index (Phi) is 3.42. The topological polar surface area (TPSA) is 45.9 Å². The van der Waals surface area contributed by atoms with Crippen LogP contribution in [0.3, 0.4) is 0 Å². The summed E-state index contributed by atoms with van der Waals surface area (Å²) in [6.07, 6.45) is -3.96. The van der Waals surface area contributed by atoms with Crippen LogP contribution in [0.25, 0.3) is 0 Å². The van der Waals surface area contributed by atoms with Crippen molar-refractivity contribution in [1.82, 2.24) is 4.98 Å². The van der Waals surface area contributed by atoms with Crippen molar-refractivity contribution < 1.29 is 17.9 Å². The van der Waals surface area contributed by atoms with Gasteiger partial charge in [-0.15, -0.1) is 13.2 Å². The lowest BCUT2D eigenvalue weighted by molar-refractivity contribution is -0.276. The molecule has 3 nitrogen and oxygen atoms in total. The van der Waals surface area contributed by atoms with Crippen molar-refractivity contribution in [2.45, 2.75) is 6.36 Å². The third-order valence-corrected chi connectivity index (χ3v) is 2.29. The molecule has 0 aliphatic heterocycles. The molecule has 0 aliphatic carbocycles. The summed E-state index contributed by atoms with van der Waals surface area (Å²) >= 11 is 8.27. The Morgan fingerprint density at radius 2 is 2.13 bits per heavy atom. The summed E-state index contributed by atoms with van der Waals surface area (Å²) in [5.41, 5.74) is -0.161. The number of nitrogens with zero attached hydrogens (tertiary/aromatic N) is 2. The highest BCUT2D eigenvalue weighted by Crippen LogP contribution is 2.33. The highest BCUT2D eigenvalue weighted by Gasteiger charge is 2.33. The second-order valence-corrected chi connectivity index (χ2v) is 3.46. The van der Waals surface area contributed by atoms with Crippen molar-refractivity contribution in [3.63, 3.8) is 0 Å². The monoisotopic (exact) mass is 300 g/mol. The summed E-state index contributed by atoms with van der Waals surface area (Å²) in [5, 5.41) is 8.54. The molecule has 1 aromatic heterocycles. The normalized spacial score (nSPS) is 10.9. The molecular formula is C7HBrClF3N2O. The van der Waals surface area contributed by atoms with Gasteiger partial charge in [-0.25, -0.2) is 4.98 Å². The minimum atomic E-state index is -4.87. The van der Waals surface area contributed by atoms with Gasteiger partial charge in [0.15, 0.2) is 0 Å². The summed E-state index contributed by atoms with van der Waals surface area (Å²) in [6, 6.07) is 1.62. The first-order chi connectivity index (χ1) is 6.85. The zero-order valence-electron chi connectivity index (χ0n) is 6.77. The molecule has 0 amide bonds. The number of aromatic nitrogens is 1. The Bertz CT molecular complexity index is 429. The van der Waals surface area contributed by atoms with Crippen LogP contribution in [0.2, 0.25) is 5.02 Å². The molecule has 0 saturated heterocycles. The number of rotatable bonds is 1. The number of hydrogen-bond acceptors (Lipinski definition) is 3. The standard InChI is InChI=1S/C7HBrClF3N2O/c8-5-3(1-13)4(9)2-14-6(5)15-7(10,11)12/h2H. The van der Waals surface area contributed by atoms with Crippen LogP contribution in [0, 0.1) is 11.3 Å². The van der Waals surface area contributed by atoms with Crippen molar-refractivity contribution in [1.29, 1.82) is 5.26 Å². The predicted molar refractivity (Wildman–Crippen MR) is 48.3 cm³/mol. The first-order valence-electron chi connectivity index (χ1n) is 3.35. The molecule has 80 valence electrons. The maximum absolute atomic E-state index is 11.9. The van der Waals surface area contributed by atoms with Gasteiger partial charge in [-0.05, 0) is 15.9 Å². The van der Waals surface area contributed by atoms with E-state index in [0.29, 0.717) is 0 Å².